The minimum Gasteiger partial charge on any atom is -0.469 e. The van der Waals surface area contributed by atoms with Gasteiger partial charge in [0.05, 0.1) is 6.26 Å². The molecule has 2 N–H and O–H groups in total. The Morgan fingerprint density at radius 3 is 3.04 bits per heavy atom. The van der Waals surface area contributed by atoms with Gasteiger partial charge in [-0.2, -0.15) is 0 Å². The topological polar surface area (TPSA) is 62.0 Å². The molecule has 0 amide bonds. The molecule has 1 aromatic rings. The summed E-state index contributed by atoms with van der Waals surface area (Å²) < 4.78 is 10.8. The molecular formula is C20H34N4O2. The zero-order chi connectivity index (χ0) is 18.2. The maximum atomic E-state index is 5.41. The van der Waals surface area contributed by atoms with Gasteiger partial charge in [0.1, 0.15) is 5.76 Å². The number of ether oxygens (including phenoxy) is 1. The van der Waals surface area contributed by atoms with Crippen molar-refractivity contribution in [2.75, 3.05) is 32.8 Å². The Bertz CT molecular complexity index is 542. The van der Waals surface area contributed by atoms with Gasteiger partial charge in [0.15, 0.2) is 5.96 Å². The van der Waals surface area contributed by atoms with Gasteiger partial charge in [-0.25, -0.2) is 0 Å². The van der Waals surface area contributed by atoms with Crippen LogP contribution in [0, 0.1) is 0 Å². The van der Waals surface area contributed by atoms with Crippen LogP contribution in [0.15, 0.2) is 27.8 Å². The number of nitrogens with zero attached hydrogens (tertiary/aromatic N) is 2. The molecule has 1 aliphatic carbocycles. The summed E-state index contributed by atoms with van der Waals surface area (Å²) in [4.78, 5) is 7.41. The molecule has 0 bridgehead atoms. The van der Waals surface area contributed by atoms with Gasteiger partial charge in [-0.1, -0.05) is 0 Å². The predicted octanol–water partition coefficient (Wildman–Crippen LogP) is 2.41. The molecule has 2 aliphatic rings. The quantitative estimate of drug-likeness (QED) is 0.380. The van der Waals surface area contributed by atoms with E-state index in [9.17, 15) is 0 Å². The van der Waals surface area contributed by atoms with E-state index in [0.717, 1.165) is 63.5 Å². The monoisotopic (exact) mass is 362 g/mol. The Morgan fingerprint density at radius 1 is 1.42 bits per heavy atom. The number of nitrogens with one attached hydrogen (secondary N) is 2. The third-order valence-corrected chi connectivity index (χ3v) is 5.14. The highest BCUT2D eigenvalue weighted by atomic mass is 16.5. The molecule has 2 fully saturated rings. The summed E-state index contributed by atoms with van der Waals surface area (Å²) in [6.45, 7) is 8.65. The second-order valence-corrected chi connectivity index (χ2v) is 7.39. The SMILES string of the molecule is CCOCCCN=C(NCCc1ccco1)NC1CC(C)N(C2CC2)C1. The van der Waals surface area contributed by atoms with E-state index in [2.05, 4.69) is 22.5 Å². The second-order valence-electron chi connectivity index (χ2n) is 7.39. The first-order valence-corrected chi connectivity index (χ1v) is 10.2. The van der Waals surface area contributed by atoms with Crippen molar-refractivity contribution in [3.63, 3.8) is 0 Å². The van der Waals surface area contributed by atoms with E-state index in [1.54, 1.807) is 6.26 Å². The van der Waals surface area contributed by atoms with E-state index in [4.69, 9.17) is 14.1 Å². The maximum Gasteiger partial charge on any atom is 0.191 e. The van der Waals surface area contributed by atoms with Gasteiger partial charge in [-0.15, -0.1) is 0 Å². The molecule has 0 spiro atoms. The Kier molecular flexibility index (Phi) is 7.38. The normalized spacial score (nSPS) is 24.2. The zero-order valence-electron chi connectivity index (χ0n) is 16.2. The van der Waals surface area contributed by atoms with Crippen molar-refractivity contribution in [2.24, 2.45) is 4.99 Å². The molecule has 6 heteroatoms. The van der Waals surface area contributed by atoms with Crippen LogP contribution < -0.4 is 10.6 Å². The second kappa shape index (κ2) is 9.97. The molecule has 1 aromatic heterocycles. The van der Waals surface area contributed by atoms with Crippen molar-refractivity contribution in [2.45, 2.75) is 64.1 Å². The largest absolute Gasteiger partial charge is 0.469 e. The lowest BCUT2D eigenvalue weighted by atomic mass is 10.2. The molecule has 6 nitrogen and oxygen atoms in total. The lowest BCUT2D eigenvalue weighted by Crippen LogP contribution is -2.45. The fraction of sp³-hybridized carbons (Fsp3) is 0.750. The lowest BCUT2D eigenvalue weighted by molar-refractivity contribution is 0.146. The number of likely N-dealkylation sites (tertiary alicyclic amines) is 1. The molecule has 146 valence electrons. The van der Waals surface area contributed by atoms with Crippen LogP contribution in [0.25, 0.3) is 0 Å². The van der Waals surface area contributed by atoms with Gasteiger partial charge in [-0.05, 0) is 51.7 Å². The molecule has 0 radical (unpaired) electrons. The van der Waals surface area contributed by atoms with Crippen molar-refractivity contribution >= 4 is 5.96 Å². The number of aliphatic imine (C=N–C) groups is 1. The van der Waals surface area contributed by atoms with Gasteiger partial charge in [0.25, 0.3) is 0 Å². The zero-order valence-corrected chi connectivity index (χ0v) is 16.2. The first kappa shape index (κ1) is 19.2. The van der Waals surface area contributed by atoms with E-state index in [0.29, 0.717) is 12.1 Å². The summed E-state index contributed by atoms with van der Waals surface area (Å²) in [5.74, 6) is 1.92. The van der Waals surface area contributed by atoms with E-state index >= 15 is 0 Å². The molecule has 3 rings (SSSR count). The Morgan fingerprint density at radius 2 is 2.31 bits per heavy atom. The highest BCUT2D eigenvalue weighted by molar-refractivity contribution is 5.80. The molecular weight excluding hydrogens is 328 g/mol. The van der Waals surface area contributed by atoms with E-state index < -0.39 is 0 Å². The predicted molar refractivity (Wildman–Crippen MR) is 105 cm³/mol. The smallest absolute Gasteiger partial charge is 0.191 e. The third kappa shape index (κ3) is 6.02. The molecule has 2 heterocycles. The van der Waals surface area contributed by atoms with Crippen molar-refractivity contribution in [3.05, 3.63) is 24.2 Å². The van der Waals surface area contributed by atoms with Crippen LogP contribution in [0.4, 0.5) is 0 Å². The Balaban J connectivity index is 1.47. The average molecular weight is 363 g/mol. The van der Waals surface area contributed by atoms with Crippen LogP contribution in [0.5, 0.6) is 0 Å². The fourth-order valence-corrected chi connectivity index (χ4v) is 3.68. The highest BCUT2D eigenvalue weighted by Gasteiger charge is 2.38. The molecule has 1 saturated carbocycles. The number of hydrogen-bond donors (Lipinski definition) is 2. The standard InChI is InChI=1S/C20H34N4O2/c1-3-25-12-5-10-21-20(22-11-9-19-6-4-13-26-19)23-17-14-16(2)24(15-17)18-7-8-18/h4,6,13,16-18H,3,5,7-12,14-15H2,1-2H3,(H2,21,22,23). The fourth-order valence-electron chi connectivity index (χ4n) is 3.68. The molecule has 2 unspecified atom stereocenters. The van der Waals surface area contributed by atoms with Crippen molar-refractivity contribution in [1.82, 2.24) is 15.5 Å². The summed E-state index contributed by atoms with van der Waals surface area (Å²) in [7, 11) is 0. The number of rotatable bonds is 10. The number of guanidine groups is 1. The van der Waals surface area contributed by atoms with Crippen molar-refractivity contribution in [3.8, 4) is 0 Å². The van der Waals surface area contributed by atoms with E-state index in [1.807, 2.05) is 19.1 Å². The minimum atomic E-state index is 0.479. The summed E-state index contributed by atoms with van der Waals surface area (Å²) in [6, 6.07) is 5.92. The Labute approximate surface area is 157 Å². The summed E-state index contributed by atoms with van der Waals surface area (Å²) >= 11 is 0. The molecule has 1 aliphatic heterocycles. The first-order chi connectivity index (χ1) is 12.8. The van der Waals surface area contributed by atoms with E-state index in [1.165, 1.54) is 19.3 Å². The van der Waals surface area contributed by atoms with Crippen LogP contribution in [0.2, 0.25) is 0 Å². The number of hydrogen-bond acceptors (Lipinski definition) is 4. The van der Waals surface area contributed by atoms with Gasteiger partial charge < -0.3 is 19.8 Å². The summed E-state index contributed by atoms with van der Waals surface area (Å²) in [6.07, 6.45) is 7.47. The summed E-state index contributed by atoms with van der Waals surface area (Å²) in [5, 5.41) is 7.13. The molecule has 1 saturated heterocycles. The highest BCUT2D eigenvalue weighted by Crippen LogP contribution is 2.33. The van der Waals surface area contributed by atoms with Crippen LogP contribution in [0.1, 0.15) is 45.3 Å². The van der Waals surface area contributed by atoms with Crippen LogP contribution >= 0.6 is 0 Å². The minimum absolute atomic E-state index is 0.479. The van der Waals surface area contributed by atoms with Crippen LogP contribution in [0.3, 0.4) is 0 Å². The van der Waals surface area contributed by atoms with Gasteiger partial charge >= 0.3 is 0 Å². The lowest BCUT2D eigenvalue weighted by Gasteiger charge is -2.20. The van der Waals surface area contributed by atoms with Gasteiger partial charge in [0, 0.05) is 57.4 Å². The number of furan rings is 1. The Hall–Kier alpha value is -1.53. The maximum absolute atomic E-state index is 5.41. The van der Waals surface area contributed by atoms with E-state index in [-0.39, 0.29) is 0 Å². The molecule has 0 aromatic carbocycles. The van der Waals surface area contributed by atoms with Gasteiger partial charge in [-0.3, -0.25) is 9.89 Å². The van der Waals surface area contributed by atoms with Crippen LogP contribution in [-0.4, -0.2) is 61.8 Å². The average Bonchev–Trinajstić information content (AvgIpc) is 3.21. The van der Waals surface area contributed by atoms with Crippen molar-refractivity contribution < 1.29 is 9.15 Å². The molecule has 2 atom stereocenters. The van der Waals surface area contributed by atoms with Gasteiger partial charge in [0.2, 0.25) is 0 Å². The summed E-state index contributed by atoms with van der Waals surface area (Å²) in [5.41, 5.74) is 0. The molecule has 26 heavy (non-hydrogen) atoms. The van der Waals surface area contributed by atoms with Crippen molar-refractivity contribution in [1.29, 1.82) is 0 Å². The van der Waals surface area contributed by atoms with Crippen LogP contribution in [-0.2, 0) is 11.2 Å². The third-order valence-electron chi connectivity index (χ3n) is 5.14. The first-order valence-electron chi connectivity index (χ1n) is 10.2.